The zero-order valence-corrected chi connectivity index (χ0v) is 27.5. The van der Waals surface area contributed by atoms with Crippen molar-refractivity contribution in [2.75, 3.05) is 0 Å². The third kappa shape index (κ3) is 4.37. The molecule has 238 valence electrons. The van der Waals surface area contributed by atoms with Crippen LogP contribution in [0.4, 0.5) is 0 Å². The van der Waals surface area contributed by atoms with Crippen molar-refractivity contribution in [2.45, 2.75) is 0 Å². The summed E-state index contributed by atoms with van der Waals surface area (Å²) in [6.07, 6.45) is 0. The highest BCUT2D eigenvalue weighted by molar-refractivity contribution is 7.25. The van der Waals surface area contributed by atoms with E-state index in [1.807, 2.05) is 54.6 Å². The average molecular weight is 676 g/mol. The molecular weight excluding hydrogens is 645 g/mol. The topological polar surface area (TPSA) is 56.7 Å². The Morgan fingerprint density at radius 2 is 1.20 bits per heavy atom. The summed E-state index contributed by atoms with van der Waals surface area (Å²) in [4.78, 5) is 14.6. The van der Waals surface area contributed by atoms with Gasteiger partial charge in [-0.15, -0.1) is 11.3 Å². The first-order chi connectivity index (χ1) is 27.3. The number of furan rings is 1. The molecule has 0 spiro atoms. The lowest BCUT2D eigenvalue weighted by molar-refractivity contribution is 0.669. The van der Waals surface area contributed by atoms with Gasteiger partial charge in [0.15, 0.2) is 17.5 Å². The van der Waals surface area contributed by atoms with E-state index in [-0.39, 0.29) is 29.3 Å². The van der Waals surface area contributed by atoms with Gasteiger partial charge >= 0.3 is 0 Å². The molecule has 5 nitrogen and oxygen atoms in total. The smallest absolute Gasteiger partial charge is 0.167 e. The van der Waals surface area contributed by atoms with E-state index < -0.39 is 18.1 Å². The fourth-order valence-corrected chi connectivity index (χ4v) is 8.39. The summed E-state index contributed by atoms with van der Waals surface area (Å²) in [5.74, 6) is 0.534. The Kier molecular flexibility index (Phi) is 5.08. The molecule has 0 amide bonds. The Bertz CT molecular complexity index is 3380. The number of aromatic nitrogens is 4. The molecule has 0 fully saturated rings. The Hall–Kier alpha value is -6.63. The molecule has 11 rings (SSSR count). The van der Waals surface area contributed by atoms with Crippen LogP contribution >= 0.6 is 11.3 Å². The lowest BCUT2D eigenvalue weighted by Crippen LogP contribution is -2.00. The molecule has 0 N–H and O–H groups in total. The van der Waals surface area contributed by atoms with Gasteiger partial charge in [-0.1, -0.05) is 109 Å². The minimum atomic E-state index is -0.484. The normalized spacial score (nSPS) is 13.3. The summed E-state index contributed by atoms with van der Waals surface area (Å²) in [5.41, 5.74) is 5.85. The highest BCUT2D eigenvalue weighted by Crippen LogP contribution is 2.40. The summed E-state index contributed by atoms with van der Waals surface area (Å²) >= 11 is 1.67. The summed E-state index contributed by atoms with van der Waals surface area (Å²) < 4.78 is 53.3. The van der Waals surface area contributed by atoms with Gasteiger partial charge in [0, 0.05) is 58.5 Å². The summed E-state index contributed by atoms with van der Waals surface area (Å²) in [6.45, 7) is 0. The third-order valence-corrected chi connectivity index (χ3v) is 10.7. The monoisotopic (exact) mass is 675 g/mol. The SMILES string of the molecule is [2H]c1c([2H])c([2H])c(-c2nc(-c3ccc4c(c3)sc3ccc(-n5c6ccccc6c6ccccc65)cc34)nc(-c3cccc4c3oc3ccccc34)n2)c([2H])c1[2H]. The van der Waals surface area contributed by atoms with Crippen molar-refractivity contribution in [2.24, 2.45) is 0 Å². The first-order valence-electron chi connectivity index (χ1n) is 19.0. The number of benzene rings is 7. The van der Waals surface area contributed by atoms with Crippen LogP contribution in [-0.4, -0.2) is 19.5 Å². The molecule has 0 bridgehead atoms. The largest absolute Gasteiger partial charge is 0.455 e. The Labute approximate surface area is 302 Å². The zero-order chi connectivity index (χ0) is 37.8. The van der Waals surface area contributed by atoms with Gasteiger partial charge in [0.25, 0.3) is 0 Å². The van der Waals surface area contributed by atoms with Crippen molar-refractivity contribution in [3.63, 3.8) is 0 Å². The number of hydrogen-bond donors (Lipinski definition) is 0. The number of rotatable bonds is 4. The maximum atomic E-state index is 8.76. The fraction of sp³-hybridized carbons (Fsp3) is 0. The van der Waals surface area contributed by atoms with Crippen LogP contribution in [0.15, 0.2) is 162 Å². The third-order valence-electron chi connectivity index (χ3n) is 9.56. The van der Waals surface area contributed by atoms with Crippen LogP contribution in [0.3, 0.4) is 0 Å². The van der Waals surface area contributed by atoms with E-state index in [4.69, 9.17) is 26.2 Å². The van der Waals surface area contributed by atoms with E-state index in [1.165, 1.54) is 10.8 Å². The van der Waals surface area contributed by atoms with Crippen molar-refractivity contribution in [3.8, 4) is 39.9 Å². The zero-order valence-electron chi connectivity index (χ0n) is 31.7. The van der Waals surface area contributed by atoms with Crippen LogP contribution in [0.5, 0.6) is 0 Å². The lowest BCUT2D eigenvalue weighted by Gasteiger charge is -2.09. The highest BCUT2D eigenvalue weighted by Gasteiger charge is 2.19. The minimum Gasteiger partial charge on any atom is -0.455 e. The molecule has 0 aliphatic carbocycles. The first-order valence-corrected chi connectivity index (χ1v) is 17.3. The van der Waals surface area contributed by atoms with Crippen LogP contribution in [0.1, 0.15) is 6.85 Å². The molecule has 0 saturated carbocycles. The van der Waals surface area contributed by atoms with Gasteiger partial charge in [0.05, 0.1) is 23.5 Å². The molecule has 6 heteroatoms. The van der Waals surface area contributed by atoms with E-state index in [1.54, 1.807) is 11.3 Å². The van der Waals surface area contributed by atoms with Crippen molar-refractivity contribution >= 4 is 75.3 Å². The molecule has 0 saturated heterocycles. The van der Waals surface area contributed by atoms with E-state index in [2.05, 4.69) is 77.4 Å². The van der Waals surface area contributed by atoms with Gasteiger partial charge in [0.2, 0.25) is 0 Å². The lowest BCUT2D eigenvalue weighted by atomic mass is 10.1. The van der Waals surface area contributed by atoms with Crippen LogP contribution in [0, 0.1) is 0 Å². The summed E-state index contributed by atoms with van der Waals surface area (Å²) in [6, 6.07) is 41.0. The number of thiophene rings is 1. The van der Waals surface area contributed by atoms with Crippen LogP contribution in [-0.2, 0) is 0 Å². The van der Waals surface area contributed by atoms with Gasteiger partial charge in [-0.3, -0.25) is 0 Å². The second kappa shape index (κ2) is 10.9. The minimum absolute atomic E-state index is 0.0256. The number of hydrogen-bond acceptors (Lipinski definition) is 5. The molecular formula is C45H26N4OS. The number of fused-ring (bicyclic) bond motifs is 9. The van der Waals surface area contributed by atoms with E-state index in [0.717, 1.165) is 47.7 Å². The maximum absolute atomic E-state index is 8.76. The predicted molar refractivity (Wildman–Crippen MR) is 211 cm³/mol. The molecule has 0 aliphatic heterocycles. The summed E-state index contributed by atoms with van der Waals surface area (Å²) in [7, 11) is 0. The predicted octanol–water partition coefficient (Wildman–Crippen LogP) is 12.2. The molecule has 4 aromatic heterocycles. The van der Waals surface area contributed by atoms with Gasteiger partial charge < -0.3 is 8.98 Å². The van der Waals surface area contributed by atoms with Crippen molar-refractivity contribution in [3.05, 3.63) is 158 Å². The summed E-state index contributed by atoms with van der Waals surface area (Å²) in [5, 5.41) is 6.46. The molecule has 7 aromatic carbocycles. The Morgan fingerprint density at radius 3 is 2.00 bits per heavy atom. The van der Waals surface area contributed by atoms with Crippen LogP contribution < -0.4 is 0 Å². The van der Waals surface area contributed by atoms with Gasteiger partial charge in [-0.05, 0) is 48.5 Å². The molecule has 0 unspecified atom stereocenters. The fourth-order valence-electron chi connectivity index (χ4n) is 7.27. The molecule has 51 heavy (non-hydrogen) atoms. The average Bonchev–Trinajstić information content (AvgIpc) is 3.91. The van der Waals surface area contributed by atoms with Crippen molar-refractivity contribution in [1.82, 2.24) is 19.5 Å². The Morgan fingerprint density at radius 1 is 0.510 bits per heavy atom. The molecule has 4 heterocycles. The van der Waals surface area contributed by atoms with Crippen molar-refractivity contribution in [1.29, 1.82) is 0 Å². The van der Waals surface area contributed by atoms with Crippen LogP contribution in [0.25, 0.3) is 104 Å². The van der Waals surface area contributed by atoms with Gasteiger partial charge in [-0.2, -0.15) is 0 Å². The van der Waals surface area contributed by atoms with Gasteiger partial charge in [0.1, 0.15) is 11.2 Å². The molecule has 0 atom stereocenters. The van der Waals surface area contributed by atoms with E-state index >= 15 is 0 Å². The standard InChI is InChI=1S/C45H26N4OS/c1-2-11-27(12-3-1)43-46-44(48-45(47-43)35-17-10-16-34-32-15-6-9-20-39(32)50-42(34)35)28-21-23-33-36-26-29(22-24-40(36)51-41(33)25-28)49-37-18-7-4-13-30(37)31-14-5-8-19-38(31)49/h1-26H/i1D,2D,3D,11D,12D. The van der Waals surface area contributed by atoms with Gasteiger partial charge in [-0.25, -0.2) is 15.0 Å². The van der Waals surface area contributed by atoms with Crippen molar-refractivity contribution < 1.29 is 11.3 Å². The van der Waals surface area contributed by atoms with Crippen LogP contribution in [0.2, 0.25) is 0 Å². The first kappa shape index (κ1) is 23.7. The number of para-hydroxylation sites is 4. The second-order valence-electron chi connectivity index (χ2n) is 12.4. The van der Waals surface area contributed by atoms with E-state index in [0.29, 0.717) is 28.1 Å². The molecule has 0 aliphatic rings. The quantitative estimate of drug-likeness (QED) is 0.186. The molecule has 0 radical (unpaired) electrons. The maximum Gasteiger partial charge on any atom is 0.167 e. The second-order valence-corrected chi connectivity index (χ2v) is 13.5. The van der Waals surface area contributed by atoms with E-state index in [9.17, 15) is 0 Å². The molecule has 11 aromatic rings. The highest BCUT2D eigenvalue weighted by atomic mass is 32.1. The Balaban J connectivity index is 1.11. The number of nitrogens with zero attached hydrogens (tertiary/aromatic N) is 4.